The molecule has 1 fully saturated rings. The van der Waals surface area contributed by atoms with Crippen LogP contribution in [0.4, 0.5) is 0 Å². The van der Waals surface area contributed by atoms with Crippen LogP contribution in [-0.2, 0) is 9.53 Å². The second-order valence-electron chi connectivity index (χ2n) is 1.73. The van der Waals surface area contributed by atoms with Crippen molar-refractivity contribution in [3.05, 3.63) is 0 Å². The Kier molecular flexibility index (Phi) is 6.79. The summed E-state index contributed by atoms with van der Waals surface area (Å²) in [7, 11) is 0. The minimum absolute atomic E-state index is 0.250. The van der Waals surface area contributed by atoms with Crippen LogP contribution >= 0.6 is 0 Å². The van der Waals surface area contributed by atoms with Crippen molar-refractivity contribution in [2.45, 2.75) is 3.29 Å². The molecule has 48 valence electrons. The fourth-order valence-electron chi connectivity index (χ4n) is 0.496. The first-order valence-electron chi connectivity index (χ1n) is 2.70. The molecule has 1 atom stereocenters. The van der Waals surface area contributed by atoms with E-state index in [1.807, 2.05) is 0 Å². The van der Waals surface area contributed by atoms with E-state index in [0.717, 1.165) is 13.3 Å². The number of rotatable bonds is 0. The van der Waals surface area contributed by atoms with Crippen molar-refractivity contribution in [2.75, 3.05) is 13.3 Å². The Balaban J connectivity index is 0.000000187. The summed E-state index contributed by atoms with van der Waals surface area (Å²) in [6.45, 7) is 1.46. The Hall–Kier alpha value is 0.390. The number of carboxylic acid groups (broad SMARTS) is 1. The average Bonchev–Trinajstić information content (AvgIpc) is 2.20. The minimum atomic E-state index is -0.250. The topological polar surface area (TPSA) is 58.6 Å². The molecule has 0 aromatic carbocycles. The molecular formula is C4H8NNaO3. The molecule has 0 aromatic heterocycles. The van der Waals surface area contributed by atoms with Crippen LogP contribution in [-0.4, -0.2) is 56.1 Å². The number of ether oxygens (including phenoxy) is 1. The second kappa shape index (κ2) is 6.51. The summed E-state index contributed by atoms with van der Waals surface area (Å²) in [5, 5.41) is 10.0. The zero-order valence-corrected chi connectivity index (χ0v) is 7.33. The predicted molar refractivity (Wildman–Crippen MR) is 32.2 cm³/mol. The van der Waals surface area contributed by atoms with Crippen LogP contribution in [0, 0.1) is 0 Å². The fourth-order valence-corrected chi connectivity index (χ4v) is 0.898. The van der Waals surface area contributed by atoms with E-state index in [9.17, 15) is 0 Å². The molecule has 0 radical (unpaired) electrons. The van der Waals surface area contributed by atoms with Crippen molar-refractivity contribution in [1.29, 1.82) is 0 Å². The first kappa shape index (κ1) is 9.39. The Morgan fingerprint density at radius 1 is 1.89 bits per heavy atom. The first-order chi connectivity index (χ1) is 4.31. The molecule has 0 aliphatic carbocycles. The van der Waals surface area contributed by atoms with Gasteiger partial charge in [-0.1, -0.05) is 0 Å². The van der Waals surface area contributed by atoms with Gasteiger partial charge in [-0.15, -0.1) is 0 Å². The molecule has 1 aliphatic heterocycles. The molecule has 2 N–H and O–H groups in total. The van der Waals surface area contributed by atoms with E-state index in [1.54, 1.807) is 0 Å². The SMILES string of the molecule is O=CO.[Na][CH]1COCN1. The van der Waals surface area contributed by atoms with Crippen LogP contribution in [0.15, 0.2) is 0 Å². The van der Waals surface area contributed by atoms with Crippen LogP contribution in [0.5, 0.6) is 0 Å². The van der Waals surface area contributed by atoms with E-state index < -0.39 is 0 Å². The maximum absolute atomic E-state index is 8.36. The van der Waals surface area contributed by atoms with E-state index in [1.165, 1.54) is 27.9 Å². The van der Waals surface area contributed by atoms with Gasteiger partial charge in [-0.3, -0.25) is 4.79 Å². The van der Waals surface area contributed by atoms with E-state index in [4.69, 9.17) is 14.6 Å². The predicted octanol–water partition coefficient (Wildman–Crippen LogP) is -1.24. The van der Waals surface area contributed by atoms with E-state index in [-0.39, 0.29) is 6.47 Å². The molecular weight excluding hydrogens is 133 g/mol. The Morgan fingerprint density at radius 3 is 2.56 bits per heavy atom. The summed E-state index contributed by atoms with van der Waals surface area (Å²) in [6, 6.07) is 0. The Bertz CT molecular complexity index is 74.2. The van der Waals surface area contributed by atoms with Crippen molar-refractivity contribution < 1.29 is 14.6 Å². The maximum atomic E-state index is 8.36. The first-order valence-corrected chi connectivity index (χ1v) is 3.85. The van der Waals surface area contributed by atoms with Gasteiger partial charge in [0.15, 0.2) is 0 Å². The van der Waals surface area contributed by atoms with Gasteiger partial charge in [0.05, 0.1) is 0 Å². The van der Waals surface area contributed by atoms with Gasteiger partial charge in [0, 0.05) is 0 Å². The third-order valence-electron chi connectivity index (χ3n) is 0.902. The summed E-state index contributed by atoms with van der Waals surface area (Å²) in [5.41, 5.74) is 0. The van der Waals surface area contributed by atoms with Crippen LogP contribution < -0.4 is 5.32 Å². The van der Waals surface area contributed by atoms with Gasteiger partial charge < -0.3 is 5.11 Å². The van der Waals surface area contributed by atoms with Crippen molar-refractivity contribution in [3.63, 3.8) is 0 Å². The molecule has 1 aliphatic rings. The zero-order valence-electron chi connectivity index (χ0n) is 5.33. The fraction of sp³-hybridized carbons (Fsp3) is 0.750. The molecule has 0 amide bonds. The van der Waals surface area contributed by atoms with Gasteiger partial charge in [-0.25, -0.2) is 0 Å². The van der Waals surface area contributed by atoms with Crippen molar-refractivity contribution in [3.8, 4) is 0 Å². The number of hydrogen-bond donors (Lipinski definition) is 2. The van der Waals surface area contributed by atoms with E-state index in [0.29, 0.717) is 3.29 Å². The van der Waals surface area contributed by atoms with Crippen LogP contribution in [0.2, 0.25) is 0 Å². The molecule has 9 heavy (non-hydrogen) atoms. The van der Waals surface area contributed by atoms with Crippen LogP contribution in [0.1, 0.15) is 0 Å². The Labute approximate surface area is 71.0 Å². The van der Waals surface area contributed by atoms with Crippen LogP contribution in [0.25, 0.3) is 0 Å². The molecule has 0 bridgehead atoms. The van der Waals surface area contributed by atoms with Gasteiger partial charge in [0.1, 0.15) is 0 Å². The molecule has 1 saturated heterocycles. The van der Waals surface area contributed by atoms with Gasteiger partial charge >= 0.3 is 54.6 Å². The molecule has 5 heteroatoms. The summed E-state index contributed by atoms with van der Waals surface area (Å²) in [5.74, 6) is 0. The zero-order chi connectivity index (χ0) is 7.11. The van der Waals surface area contributed by atoms with Gasteiger partial charge in [0.2, 0.25) is 0 Å². The van der Waals surface area contributed by atoms with Gasteiger partial charge in [-0.2, -0.15) is 0 Å². The van der Waals surface area contributed by atoms with Gasteiger partial charge in [0.25, 0.3) is 6.47 Å². The summed E-state index contributed by atoms with van der Waals surface area (Å²) < 4.78 is 5.69. The summed E-state index contributed by atoms with van der Waals surface area (Å²) in [4.78, 5) is 8.36. The van der Waals surface area contributed by atoms with E-state index >= 15 is 0 Å². The average molecular weight is 141 g/mol. The molecule has 0 saturated carbocycles. The number of hydrogen-bond acceptors (Lipinski definition) is 3. The monoisotopic (exact) mass is 141 g/mol. The molecule has 0 spiro atoms. The Morgan fingerprint density at radius 2 is 2.44 bits per heavy atom. The van der Waals surface area contributed by atoms with Crippen molar-refractivity contribution >= 4 is 34.4 Å². The molecule has 1 heterocycles. The molecule has 0 aromatic rings. The number of nitrogens with one attached hydrogen (secondary N) is 1. The standard InChI is InChI=1S/C3H6NO.CH2O2.Na/c1-2-5-3-4-1;2-1-3;/h1,4H,2-3H2;1H,(H,2,3);. The van der Waals surface area contributed by atoms with E-state index in [2.05, 4.69) is 5.32 Å². The van der Waals surface area contributed by atoms with Gasteiger partial charge in [-0.05, 0) is 0 Å². The quantitative estimate of drug-likeness (QED) is 0.327. The molecule has 4 nitrogen and oxygen atoms in total. The third-order valence-corrected chi connectivity index (χ3v) is 1.64. The van der Waals surface area contributed by atoms with Crippen LogP contribution in [0.3, 0.4) is 0 Å². The number of carbonyl (C=O) groups is 1. The van der Waals surface area contributed by atoms with Crippen molar-refractivity contribution in [2.24, 2.45) is 0 Å². The van der Waals surface area contributed by atoms with Crippen molar-refractivity contribution in [1.82, 2.24) is 5.32 Å². The second-order valence-corrected chi connectivity index (χ2v) is 3.12. The molecule has 1 unspecified atom stereocenters. The summed E-state index contributed by atoms with van der Waals surface area (Å²) >= 11 is 1.22. The summed E-state index contributed by atoms with van der Waals surface area (Å²) in [6.07, 6.45) is 0. The normalized spacial score (nSPS) is 24.4. The molecule has 1 rings (SSSR count). The third kappa shape index (κ3) is 6.27.